The molecule has 6 heteroatoms. The molecule has 1 aromatic rings. The van der Waals surface area contributed by atoms with Gasteiger partial charge in [-0.3, -0.25) is 4.79 Å². The summed E-state index contributed by atoms with van der Waals surface area (Å²) in [5.74, 6) is 0.425. The van der Waals surface area contributed by atoms with Crippen molar-refractivity contribution in [2.45, 2.75) is 13.0 Å². The van der Waals surface area contributed by atoms with Crippen molar-refractivity contribution in [3.8, 4) is 0 Å². The number of ether oxygens (including phenoxy) is 1. The predicted molar refractivity (Wildman–Crippen MR) is 78.8 cm³/mol. The number of carbonyl (C=O) groups is 2. The van der Waals surface area contributed by atoms with Crippen LogP contribution in [0.5, 0.6) is 0 Å². The summed E-state index contributed by atoms with van der Waals surface area (Å²) in [5, 5.41) is 2.51. The number of rotatable bonds is 5. The molecule has 3 amide bonds. The molecule has 3 N–H and O–H groups in total. The van der Waals surface area contributed by atoms with E-state index in [4.69, 9.17) is 10.5 Å². The van der Waals surface area contributed by atoms with Gasteiger partial charge in [0.05, 0.1) is 6.61 Å². The minimum absolute atomic E-state index is 0.00342. The zero-order valence-electron chi connectivity index (χ0n) is 12.2. The van der Waals surface area contributed by atoms with Crippen LogP contribution in [0.1, 0.15) is 22.3 Å². The number of amides is 3. The van der Waals surface area contributed by atoms with Gasteiger partial charge in [0, 0.05) is 38.2 Å². The lowest BCUT2D eigenvalue weighted by Gasteiger charge is -2.20. The fourth-order valence-corrected chi connectivity index (χ4v) is 2.37. The molecular formula is C15H21N3O3. The number of urea groups is 1. The summed E-state index contributed by atoms with van der Waals surface area (Å²) >= 11 is 0. The molecule has 1 aromatic carbocycles. The molecular weight excluding hydrogens is 270 g/mol. The number of nitrogens with one attached hydrogen (secondary N) is 1. The molecule has 6 nitrogen and oxygen atoms in total. The van der Waals surface area contributed by atoms with Crippen LogP contribution in [0, 0.1) is 5.92 Å². The van der Waals surface area contributed by atoms with Crippen molar-refractivity contribution in [3.05, 3.63) is 35.4 Å². The van der Waals surface area contributed by atoms with Gasteiger partial charge < -0.3 is 20.7 Å². The van der Waals surface area contributed by atoms with Crippen LogP contribution in [0.4, 0.5) is 4.79 Å². The van der Waals surface area contributed by atoms with E-state index in [9.17, 15) is 9.59 Å². The fourth-order valence-electron chi connectivity index (χ4n) is 2.37. The maximum atomic E-state index is 12.3. The largest absolute Gasteiger partial charge is 0.381 e. The molecule has 1 fully saturated rings. The van der Waals surface area contributed by atoms with E-state index in [1.54, 1.807) is 17.0 Å². The molecule has 0 spiro atoms. The SMILES string of the molecule is CN(CC1CCOC1)C(=O)c1ccc(CNC(N)=O)cc1. The van der Waals surface area contributed by atoms with Crippen molar-refractivity contribution in [1.82, 2.24) is 10.2 Å². The molecule has 2 rings (SSSR count). The lowest BCUT2D eigenvalue weighted by molar-refractivity contribution is 0.0766. The third-order valence-electron chi connectivity index (χ3n) is 3.57. The van der Waals surface area contributed by atoms with E-state index in [0.717, 1.165) is 25.2 Å². The molecule has 0 bridgehead atoms. The molecule has 1 saturated heterocycles. The number of primary amides is 1. The van der Waals surface area contributed by atoms with Gasteiger partial charge in [0.1, 0.15) is 0 Å². The summed E-state index contributed by atoms with van der Waals surface area (Å²) in [4.78, 5) is 24.7. The van der Waals surface area contributed by atoms with Crippen molar-refractivity contribution in [2.24, 2.45) is 11.7 Å². The van der Waals surface area contributed by atoms with E-state index in [2.05, 4.69) is 5.32 Å². The number of nitrogens with zero attached hydrogens (tertiary/aromatic N) is 1. The molecule has 0 aromatic heterocycles. The summed E-state index contributed by atoms with van der Waals surface area (Å²) in [5.41, 5.74) is 6.55. The highest BCUT2D eigenvalue weighted by atomic mass is 16.5. The Balaban J connectivity index is 1.90. The van der Waals surface area contributed by atoms with E-state index in [-0.39, 0.29) is 5.91 Å². The van der Waals surface area contributed by atoms with Gasteiger partial charge in [0.15, 0.2) is 0 Å². The minimum atomic E-state index is -0.561. The van der Waals surface area contributed by atoms with Crippen LogP contribution in [-0.4, -0.2) is 43.6 Å². The Kier molecular flexibility index (Phi) is 5.16. The van der Waals surface area contributed by atoms with Gasteiger partial charge in [-0.1, -0.05) is 12.1 Å². The zero-order chi connectivity index (χ0) is 15.2. The molecule has 0 aliphatic carbocycles. The standard InChI is InChI=1S/C15H21N3O3/c1-18(9-12-6-7-21-10-12)14(19)13-4-2-11(3-5-13)8-17-15(16)20/h2-5,12H,6-10H2,1H3,(H3,16,17,20). The van der Waals surface area contributed by atoms with Crippen LogP contribution in [0.3, 0.4) is 0 Å². The first-order valence-corrected chi connectivity index (χ1v) is 7.01. The first-order chi connectivity index (χ1) is 10.1. The van der Waals surface area contributed by atoms with Gasteiger partial charge in [-0.25, -0.2) is 4.79 Å². The third kappa shape index (κ3) is 4.46. The topological polar surface area (TPSA) is 84.7 Å². The predicted octanol–water partition coefficient (Wildman–Crippen LogP) is 0.963. The van der Waals surface area contributed by atoms with E-state index in [0.29, 0.717) is 24.6 Å². The second-order valence-electron chi connectivity index (χ2n) is 5.33. The highest BCUT2D eigenvalue weighted by molar-refractivity contribution is 5.94. The normalized spacial score (nSPS) is 17.5. The number of hydrogen-bond acceptors (Lipinski definition) is 3. The van der Waals surface area contributed by atoms with Gasteiger partial charge in [-0.05, 0) is 24.1 Å². The number of carbonyl (C=O) groups excluding carboxylic acids is 2. The molecule has 21 heavy (non-hydrogen) atoms. The van der Waals surface area contributed by atoms with E-state index < -0.39 is 6.03 Å². The molecule has 1 heterocycles. The highest BCUT2D eigenvalue weighted by Crippen LogP contribution is 2.15. The highest BCUT2D eigenvalue weighted by Gasteiger charge is 2.20. The number of nitrogens with two attached hydrogens (primary N) is 1. The van der Waals surface area contributed by atoms with Crippen LogP contribution in [0.25, 0.3) is 0 Å². The molecule has 1 aliphatic rings. The molecule has 114 valence electrons. The molecule has 1 atom stereocenters. The summed E-state index contributed by atoms with van der Waals surface area (Å²) < 4.78 is 5.32. The van der Waals surface area contributed by atoms with E-state index in [1.165, 1.54) is 0 Å². The van der Waals surface area contributed by atoms with Crippen molar-refractivity contribution in [2.75, 3.05) is 26.8 Å². The Morgan fingerprint density at radius 2 is 2.10 bits per heavy atom. The fraction of sp³-hybridized carbons (Fsp3) is 0.467. The molecule has 0 radical (unpaired) electrons. The number of benzene rings is 1. The van der Waals surface area contributed by atoms with E-state index >= 15 is 0 Å². The summed E-state index contributed by atoms with van der Waals surface area (Å²) in [6.07, 6.45) is 1.01. The molecule has 1 unspecified atom stereocenters. The van der Waals surface area contributed by atoms with Gasteiger partial charge >= 0.3 is 6.03 Å². The van der Waals surface area contributed by atoms with Crippen LogP contribution in [0.2, 0.25) is 0 Å². The maximum Gasteiger partial charge on any atom is 0.312 e. The van der Waals surface area contributed by atoms with Gasteiger partial charge in [0.2, 0.25) is 0 Å². The van der Waals surface area contributed by atoms with E-state index in [1.807, 2.05) is 19.2 Å². The minimum Gasteiger partial charge on any atom is -0.381 e. The first kappa shape index (κ1) is 15.3. The van der Waals surface area contributed by atoms with Crippen molar-refractivity contribution in [1.29, 1.82) is 0 Å². The average Bonchev–Trinajstić information content (AvgIpc) is 2.97. The van der Waals surface area contributed by atoms with Crippen molar-refractivity contribution >= 4 is 11.9 Å². The lowest BCUT2D eigenvalue weighted by Crippen LogP contribution is -2.32. The van der Waals surface area contributed by atoms with Crippen LogP contribution >= 0.6 is 0 Å². The lowest BCUT2D eigenvalue weighted by atomic mass is 10.1. The van der Waals surface area contributed by atoms with Crippen LogP contribution in [-0.2, 0) is 11.3 Å². The second kappa shape index (κ2) is 7.08. The summed E-state index contributed by atoms with van der Waals surface area (Å²) in [6, 6.07) is 6.60. The Morgan fingerprint density at radius 3 is 2.67 bits per heavy atom. The average molecular weight is 291 g/mol. The summed E-state index contributed by atoms with van der Waals surface area (Å²) in [7, 11) is 1.81. The Morgan fingerprint density at radius 1 is 1.38 bits per heavy atom. The quantitative estimate of drug-likeness (QED) is 0.847. The monoisotopic (exact) mass is 291 g/mol. The second-order valence-corrected chi connectivity index (χ2v) is 5.33. The zero-order valence-corrected chi connectivity index (χ0v) is 12.2. The van der Waals surface area contributed by atoms with Crippen molar-refractivity contribution in [3.63, 3.8) is 0 Å². The smallest absolute Gasteiger partial charge is 0.312 e. The Labute approximate surface area is 124 Å². The van der Waals surface area contributed by atoms with Gasteiger partial charge in [0.25, 0.3) is 5.91 Å². The summed E-state index contributed by atoms with van der Waals surface area (Å²) in [6.45, 7) is 2.59. The maximum absolute atomic E-state index is 12.3. The van der Waals surface area contributed by atoms with Crippen LogP contribution < -0.4 is 11.1 Å². The van der Waals surface area contributed by atoms with Gasteiger partial charge in [-0.2, -0.15) is 0 Å². The Hall–Kier alpha value is -2.08. The number of hydrogen-bond donors (Lipinski definition) is 2. The first-order valence-electron chi connectivity index (χ1n) is 7.01. The van der Waals surface area contributed by atoms with Crippen molar-refractivity contribution < 1.29 is 14.3 Å². The Bertz CT molecular complexity index is 495. The van der Waals surface area contributed by atoms with Crippen LogP contribution in [0.15, 0.2) is 24.3 Å². The third-order valence-corrected chi connectivity index (χ3v) is 3.57. The molecule has 1 aliphatic heterocycles. The molecule has 0 saturated carbocycles. The van der Waals surface area contributed by atoms with Gasteiger partial charge in [-0.15, -0.1) is 0 Å².